The standard InChI is InChI=1S/C20H24ClN3O/c1-15-3-8-19(16(2)13-15)22-20(25)14-23-9-11-24(12-10-23)18-6-4-17(21)5-7-18/h3-8,13H,9-12,14H2,1-2H3,(H,22,25). The van der Waals surface area contributed by atoms with Crippen molar-refractivity contribution in [3.8, 4) is 0 Å². The van der Waals surface area contributed by atoms with E-state index in [0.717, 1.165) is 42.5 Å². The van der Waals surface area contributed by atoms with Crippen molar-refractivity contribution in [1.29, 1.82) is 0 Å². The van der Waals surface area contributed by atoms with Gasteiger partial charge >= 0.3 is 0 Å². The molecule has 0 radical (unpaired) electrons. The molecule has 0 bridgehead atoms. The Bertz CT molecular complexity index is 737. The Morgan fingerprint density at radius 2 is 1.72 bits per heavy atom. The lowest BCUT2D eigenvalue weighted by Gasteiger charge is -2.35. The van der Waals surface area contributed by atoms with Gasteiger partial charge in [0.25, 0.3) is 0 Å². The second-order valence-electron chi connectivity index (χ2n) is 6.61. The smallest absolute Gasteiger partial charge is 0.238 e. The van der Waals surface area contributed by atoms with Gasteiger partial charge in [-0.05, 0) is 49.7 Å². The third-order valence-electron chi connectivity index (χ3n) is 4.59. The van der Waals surface area contributed by atoms with Crippen LogP contribution in [0.4, 0.5) is 11.4 Å². The number of carbonyl (C=O) groups excluding carboxylic acids is 1. The zero-order chi connectivity index (χ0) is 17.8. The quantitative estimate of drug-likeness (QED) is 0.905. The van der Waals surface area contributed by atoms with Crippen molar-refractivity contribution in [2.45, 2.75) is 13.8 Å². The minimum absolute atomic E-state index is 0.0481. The third kappa shape index (κ3) is 4.74. The highest BCUT2D eigenvalue weighted by Crippen LogP contribution is 2.20. The van der Waals surface area contributed by atoms with Gasteiger partial charge in [0.1, 0.15) is 0 Å². The molecule has 1 aliphatic heterocycles. The van der Waals surface area contributed by atoms with E-state index in [1.807, 2.05) is 43.3 Å². The van der Waals surface area contributed by atoms with Crippen LogP contribution in [-0.2, 0) is 4.79 Å². The maximum absolute atomic E-state index is 12.3. The lowest BCUT2D eigenvalue weighted by molar-refractivity contribution is -0.117. The molecule has 25 heavy (non-hydrogen) atoms. The highest BCUT2D eigenvalue weighted by atomic mass is 35.5. The molecule has 1 amide bonds. The average molecular weight is 358 g/mol. The van der Waals surface area contributed by atoms with Crippen molar-refractivity contribution in [1.82, 2.24) is 4.90 Å². The van der Waals surface area contributed by atoms with Gasteiger partial charge in [0.15, 0.2) is 0 Å². The number of nitrogens with one attached hydrogen (secondary N) is 1. The molecular formula is C20H24ClN3O. The Balaban J connectivity index is 1.50. The predicted molar refractivity (Wildman–Crippen MR) is 105 cm³/mol. The van der Waals surface area contributed by atoms with Crippen molar-refractivity contribution in [2.24, 2.45) is 0 Å². The molecule has 4 nitrogen and oxygen atoms in total. The molecule has 1 saturated heterocycles. The summed E-state index contributed by atoms with van der Waals surface area (Å²) in [4.78, 5) is 16.9. The minimum atomic E-state index is 0.0481. The number of hydrogen-bond donors (Lipinski definition) is 1. The van der Waals surface area contributed by atoms with Crippen LogP contribution in [0.3, 0.4) is 0 Å². The number of carbonyl (C=O) groups is 1. The number of halogens is 1. The van der Waals surface area contributed by atoms with Crippen LogP contribution >= 0.6 is 11.6 Å². The van der Waals surface area contributed by atoms with E-state index in [9.17, 15) is 4.79 Å². The van der Waals surface area contributed by atoms with Crippen LogP contribution in [0.15, 0.2) is 42.5 Å². The molecule has 3 rings (SSSR count). The minimum Gasteiger partial charge on any atom is -0.369 e. The van der Waals surface area contributed by atoms with Crippen molar-refractivity contribution < 1.29 is 4.79 Å². The topological polar surface area (TPSA) is 35.6 Å². The Labute approximate surface area is 154 Å². The van der Waals surface area contributed by atoms with Gasteiger partial charge in [-0.2, -0.15) is 0 Å². The molecule has 2 aromatic rings. The fraction of sp³-hybridized carbons (Fsp3) is 0.350. The largest absolute Gasteiger partial charge is 0.369 e. The van der Waals surface area contributed by atoms with Gasteiger partial charge in [-0.25, -0.2) is 0 Å². The number of nitrogens with zero attached hydrogens (tertiary/aromatic N) is 2. The first kappa shape index (κ1) is 17.8. The maximum Gasteiger partial charge on any atom is 0.238 e. The number of hydrogen-bond acceptors (Lipinski definition) is 3. The molecule has 5 heteroatoms. The van der Waals surface area contributed by atoms with Crippen LogP contribution in [0.25, 0.3) is 0 Å². The van der Waals surface area contributed by atoms with Gasteiger partial charge in [0.2, 0.25) is 5.91 Å². The molecular weight excluding hydrogens is 334 g/mol. The first-order chi connectivity index (χ1) is 12.0. The number of anilines is 2. The highest BCUT2D eigenvalue weighted by molar-refractivity contribution is 6.30. The summed E-state index contributed by atoms with van der Waals surface area (Å²) in [6.07, 6.45) is 0. The number of aryl methyl sites for hydroxylation is 2. The normalized spacial score (nSPS) is 15.2. The summed E-state index contributed by atoms with van der Waals surface area (Å²) < 4.78 is 0. The fourth-order valence-electron chi connectivity index (χ4n) is 3.16. The summed E-state index contributed by atoms with van der Waals surface area (Å²) in [6.45, 7) is 8.09. The predicted octanol–water partition coefficient (Wildman–Crippen LogP) is 3.72. The number of amides is 1. The molecule has 0 atom stereocenters. The monoisotopic (exact) mass is 357 g/mol. The van der Waals surface area contributed by atoms with Gasteiger partial charge in [0.05, 0.1) is 6.54 Å². The first-order valence-corrected chi connectivity index (χ1v) is 8.99. The molecule has 1 fully saturated rings. The lowest BCUT2D eigenvalue weighted by Crippen LogP contribution is -2.48. The number of piperazine rings is 1. The summed E-state index contributed by atoms with van der Waals surface area (Å²) in [5, 5.41) is 3.78. The molecule has 0 aromatic heterocycles. The van der Waals surface area contributed by atoms with E-state index in [4.69, 9.17) is 11.6 Å². The SMILES string of the molecule is Cc1ccc(NC(=O)CN2CCN(c3ccc(Cl)cc3)CC2)c(C)c1. The summed E-state index contributed by atoms with van der Waals surface area (Å²) in [5.41, 5.74) is 4.38. The Morgan fingerprint density at radius 1 is 1.04 bits per heavy atom. The van der Waals surface area contributed by atoms with Gasteiger partial charge in [-0.1, -0.05) is 29.3 Å². The molecule has 2 aromatic carbocycles. The van der Waals surface area contributed by atoms with Crippen LogP contribution in [0.5, 0.6) is 0 Å². The zero-order valence-corrected chi connectivity index (χ0v) is 15.5. The van der Waals surface area contributed by atoms with Crippen molar-refractivity contribution in [2.75, 3.05) is 42.9 Å². The number of benzene rings is 2. The molecule has 0 unspecified atom stereocenters. The fourth-order valence-corrected chi connectivity index (χ4v) is 3.29. The zero-order valence-electron chi connectivity index (χ0n) is 14.8. The van der Waals surface area contributed by atoms with Crippen LogP contribution in [0, 0.1) is 13.8 Å². The van der Waals surface area contributed by atoms with Crippen LogP contribution in [-0.4, -0.2) is 43.5 Å². The van der Waals surface area contributed by atoms with Crippen LogP contribution < -0.4 is 10.2 Å². The molecule has 0 aliphatic carbocycles. The highest BCUT2D eigenvalue weighted by Gasteiger charge is 2.19. The first-order valence-electron chi connectivity index (χ1n) is 8.61. The second kappa shape index (κ2) is 7.89. The van der Waals surface area contributed by atoms with E-state index < -0.39 is 0 Å². The average Bonchev–Trinajstić information content (AvgIpc) is 2.59. The molecule has 1 aliphatic rings. The van der Waals surface area contributed by atoms with Gasteiger partial charge in [-0.15, -0.1) is 0 Å². The van der Waals surface area contributed by atoms with Crippen molar-refractivity contribution in [3.05, 3.63) is 58.6 Å². The van der Waals surface area contributed by atoms with E-state index in [-0.39, 0.29) is 5.91 Å². The van der Waals surface area contributed by atoms with Gasteiger partial charge in [0, 0.05) is 42.6 Å². The summed E-state index contributed by atoms with van der Waals surface area (Å²) in [7, 11) is 0. The van der Waals surface area contributed by atoms with Crippen LogP contribution in [0.1, 0.15) is 11.1 Å². The summed E-state index contributed by atoms with van der Waals surface area (Å²) in [5.74, 6) is 0.0481. The maximum atomic E-state index is 12.3. The Morgan fingerprint density at radius 3 is 2.36 bits per heavy atom. The molecule has 0 saturated carbocycles. The van der Waals surface area contributed by atoms with Gasteiger partial charge in [-0.3, -0.25) is 9.69 Å². The summed E-state index contributed by atoms with van der Waals surface area (Å²) in [6, 6.07) is 14.0. The Hall–Kier alpha value is -2.04. The molecule has 1 N–H and O–H groups in total. The number of rotatable bonds is 4. The molecule has 0 spiro atoms. The van der Waals surface area contributed by atoms with E-state index >= 15 is 0 Å². The van der Waals surface area contributed by atoms with Crippen LogP contribution in [0.2, 0.25) is 5.02 Å². The Kier molecular flexibility index (Phi) is 5.61. The van der Waals surface area contributed by atoms with Crippen molar-refractivity contribution >= 4 is 28.9 Å². The molecule has 132 valence electrons. The van der Waals surface area contributed by atoms with E-state index in [1.165, 1.54) is 11.3 Å². The van der Waals surface area contributed by atoms with E-state index in [0.29, 0.717) is 6.54 Å². The second-order valence-corrected chi connectivity index (χ2v) is 7.04. The van der Waals surface area contributed by atoms with E-state index in [2.05, 4.69) is 28.1 Å². The lowest BCUT2D eigenvalue weighted by atomic mass is 10.1. The summed E-state index contributed by atoms with van der Waals surface area (Å²) >= 11 is 5.95. The third-order valence-corrected chi connectivity index (χ3v) is 4.84. The van der Waals surface area contributed by atoms with E-state index in [1.54, 1.807) is 0 Å². The molecule has 1 heterocycles. The van der Waals surface area contributed by atoms with Gasteiger partial charge < -0.3 is 10.2 Å². The van der Waals surface area contributed by atoms with Crippen molar-refractivity contribution in [3.63, 3.8) is 0 Å².